The summed E-state index contributed by atoms with van der Waals surface area (Å²) in [5, 5.41) is 23.8. The fourth-order valence-electron chi connectivity index (χ4n) is 17.7. The maximum Gasteiger partial charge on any atom is 0.159 e. The van der Waals surface area contributed by atoms with Crippen molar-refractivity contribution < 1.29 is 47.9 Å². The number of ketones is 10. The summed E-state index contributed by atoms with van der Waals surface area (Å²) < 4.78 is 11.5. The molecule has 1 aliphatic heterocycles. The molecule has 15 aromatic rings. The number of fused-ring (bicyclic) bond motifs is 15. The molecule has 130 heavy (non-hydrogen) atoms. The standard InChI is InChI=1S/C25H28N2O2.2C22H26N2O2.C21H24N2O2.C20H22N2O2/c1-17-9-13-26(14-10-17)11-4-12-27-24-7-5-20(18(2)28)15-22(24)23-16-21(19(3)29)6-8-25(23)27;1-14(2)23-10-5-11-24-21-8-6-17(15(3)25)12-19(21)20-13-18(16(4)26)7-9-22(20)24;1-4-10-23-11-5-12-24-21-8-6-17(15(2)25)13-19(21)20-14-18(16(3)26)7-9-22(20)24;1-4-22-10-5-11-23-20-8-6-16(14(2)24)12-18(20)19-13-17(15(3)25)7-9-21(19)23;1-13(23)15-5-7-19-17(11-15)18-12-16(14(2)24)6-8-20(18)22(19)10-4-9-21-3/h5-8,15-16H,1,4,9-14H2,2-3H3;6-9,12-14,23H,5,10-11H2,1-4H3;6-9,13-14,23H,4-5,10-12H2,1-3H3;6-9,12-13,22H,4-5,10-11H2,1-3H3;5-8,11-12,21H,4,9-10H2,1-3H3. The van der Waals surface area contributed by atoms with Crippen LogP contribution in [0.1, 0.15) is 252 Å². The summed E-state index contributed by atoms with van der Waals surface area (Å²) in [6, 6.07) is 59.2. The average Bonchev–Trinajstić information content (AvgIpc) is 1.63. The van der Waals surface area contributed by atoms with Crippen LogP contribution in [0, 0.1) is 0 Å². The Labute approximate surface area is 762 Å². The van der Waals surface area contributed by atoms with E-state index in [-0.39, 0.29) is 57.8 Å². The number of piperidine rings is 1. The Morgan fingerprint density at radius 1 is 0.285 bits per heavy atom. The van der Waals surface area contributed by atoms with Gasteiger partial charge in [-0.05, 0) is 355 Å². The topological polar surface area (TPSA) is 247 Å². The van der Waals surface area contributed by atoms with E-state index in [2.05, 4.69) is 83.3 Å². The second-order valence-electron chi connectivity index (χ2n) is 34.8. The highest BCUT2D eigenvalue weighted by atomic mass is 16.2. The lowest BCUT2D eigenvalue weighted by Gasteiger charge is -2.27. The van der Waals surface area contributed by atoms with Gasteiger partial charge in [0.25, 0.3) is 0 Å². The minimum Gasteiger partial charge on any atom is -0.340 e. The first-order valence-corrected chi connectivity index (χ1v) is 46.0. The molecule has 1 fully saturated rings. The predicted octanol–water partition coefficient (Wildman–Crippen LogP) is 22.4. The number of carbonyl (C=O) groups excluding carboxylic acids is 10. The molecule has 4 N–H and O–H groups in total. The van der Waals surface area contributed by atoms with Crippen molar-refractivity contribution in [1.29, 1.82) is 0 Å². The van der Waals surface area contributed by atoms with Crippen LogP contribution >= 0.6 is 0 Å². The molecule has 1 saturated heterocycles. The number of benzene rings is 10. The predicted molar refractivity (Wildman–Crippen MR) is 534 cm³/mol. The van der Waals surface area contributed by atoms with Crippen molar-refractivity contribution >= 4 is 167 Å². The molecule has 0 unspecified atom stereocenters. The van der Waals surface area contributed by atoms with Crippen molar-refractivity contribution in [3.05, 3.63) is 250 Å². The minimum absolute atomic E-state index is 0.0516. The normalized spacial score (nSPS) is 12.3. The number of nitrogens with one attached hydrogen (secondary N) is 4. The summed E-state index contributed by atoms with van der Waals surface area (Å²) >= 11 is 0. The van der Waals surface area contributed by atoms with Crippen molar-refractivity contribution in [2.24, 2.45) is 0 Å². The maximum atomic E-state index is 11.9. The number of rotatable bonds is 34. The van der Waals surface area contributed by atoms with Crippen molar-refractivity contribution in [1.82, 2.24) is 49.0 Å². The molecule has 5 aromatic heterocycles. The molecule has 20 heteroatoms. The maximum absolute atomic E-state index is 11.9. The number of hydrogen-bond acceptors (Lipinski definition) is 15. The van der Waals surface area contributed by atoms with E-state index in [4.69, 9.17) is 0 Å². The molecule has 0 spiro atoms. The quantitative estimate of drug-likeness (QED) is 0.0166. The van der Waals surface area contributed by atoms with Crippen molar-refractivity contribution in [2.75, 3.05) is 66.0 Å². The number of aryl methyl sites for hydroxylation is 5. The van der Waals surface area contributed by atoms with Crippen LogP contribution < -0.4 is 21.3 Å². The number of carbonyl (C=O) groups is 10. The zero-order valence-electron chi connectivity index (χ0n) is 78.4. The van der Waals surface area contributed by atoms with E-state index in [1.807, 2.05) is 189 Å². The first-order valence-electron chi connectivity index (χ1n) is 46.0. The van der Waals surface area contributed by atoms with Gasteiger partial charge >= 0.3 is 0 Å². The third-order valence-electron chi connectivity index (χ3n) is 24.9. The highest BCUT2D eigenvalue weighted by Gasteiger charge is 2.22. The lowest BCUT2D eigenvalue weighted by Crippen LogP contribution is -2.31. The molecule has 0 aliphatic carbocycles. The van der Waals surface area contributed by atoms with Gasteiger partial charge in [-0.1, -0.05) is 39.8 Å². The van der Waals surface area contributed by atoms with E-state index >= 15 is 0 Å². The molecular weight excluding hydrogens is 1620 g/mol. The Kier molecular flexibility index (Phi) is 32.8. The molecule has 6 heterocycles. The number of aromatic nitrogens is 5. The first kappa shape index (κ1) is 96.5. The molecule has 16 rings (SSSR count). The van der Waals surface area contributed by atoms with Gasteiger partial charge in [-0.2, -0.15) is 0 Å². The van der Waals surface area contributed by atoms with Gasteiger partial charge in [0.1, 0.15) is 0 Å². The van der Waals surface area contributed by atoms with Crippen LogP contribution in [0.5, 0.6) is 0 Å². The van der Waals surface area contributed by atoms with E-state index in [1.54, 1.807) is 69.2 Å². The fourth-order valence-corrected chi connectivity index (χ4v) is 17.7. The van der Waals surface area contributed by atoms with Gasteiger partial charge in [0.05, 0.1) is 0 Å². The zero-order chi connectivity index (χ0) is 93.3. The Hall–Kier alpha value is -12.6. The molecule has 0 amide bonds. The van der Waals surface area contributed by atoms with E-state index < -0.39 is 0 Å². The van der Waals surface area contributed by atoms with E-state index in [1.165, 1.54) is 5.57 Å². The van der Waals surface area contributed by atoms with Gasteiger partial charge in [-0.25, -0.2) is 0 Å². The van der Waals surface area contributed by atoms with Crippen LogP contribution in [0.2, 0.25) is 0 Å². The van der Waals surface area contributed by atoms with Crippen molar-refractivity contribution in [2.45, 2.75) is 187 Å². The Morgan fingerprint density at radius 2 is 0.492 bits per heavy atom. The van der Waals surface area contributed by atoms with Gasteiger partial charge in [0, 0.05) is 217 Å². The van der Waals surface area contributed by atoms with Crippen molar-refractivity contribution in [3.63, 3.8) is 0 Å². The second-order valence-corrected chi connectivity index (χ2v) is 34.8. The van der Waals surface area contributed by atoms with Gasteiger partial charge in [0.15, 0.2) is 57.8 Å². The summed E-state index contributed by atoms with van der Waals surface area (Å²) in [4.78, 5) is 121. The third kappa shape index (κ3) is 22.6. The summed E-state index contributed by atoms with van der Waals surface area (Å²) in [5.74, 6) is 0.540. The summed E-state index contributed by atoms with van der Waals surface area (Å²) in [6.45, 7) is 42.1. The zero-order valence-corrected chi connectivity index (χ0v) is 78.4. The van der Waals surface area contributed by atoms with Crippen molar-refractivity contribution in [3.8, 4) is 0 Å². The summed E-state index contributed by atoms with van der Waals surface area (Å²) in [6.07, 6.45) is 8.50. The summed E-state index contributed by atoms with van der Waals surface area (Å²) in [7, 11) is 1.95. The van der Waals surface area contributed by atoms with Crippen LogP contribution in [0.15, 0.2) is 194 Å². The molecule has 676 valence electrons. The Morgan fingerprint density at radius 3 is 0.692 bits per heavy atom. The van der Waals surface area contributed by atoms with Crippen LogP contribution in [0.25, 0.3) is 109 Å². The number of nitrogens with zero attached hydrogens (tertiary/aromatic N) is 6. The summed E-state index contributed by atoms with van der Waals surface area (Å²) in [5.41, 5.74) is 19.5. The first-order chi connectivity index (χ1) is 62.4. The molecule has 0 atom stereocenters. The van der Waals surface area contributed by atoms with Gasteiger partial charge < -0.3 is 49.0 Å². The van der Waals surface area contributed by atoms with E-state index in [9.17, 15) is 47.9 Å². The van der Waals surface area contributed by atoms with Crippen LogP contribution in [-0.2, 0) is 32.7 Å². The van der Waals surface area contributed by atoms with Crippen LogP contribution in [-0.4, -0.2) is 158 Å². The number of Topliss-reactive ketones (excluding diaryl/α,β-unsaturated/α-hetero) is 10. The van der Waals surface area contributed by atoms with Crippen LogP contribution in [0.4, 0.5) is 0 Å². The van der Waals surface area contributed by atoms with Gasteiger partial charge in [-0.3, -0.25) is 47.9 Å². The molecule has 1 aliphatic rings. The third-order valence-corrected chi connectivity index (χ3v) is 24.9. The van der Waals surface area contributed by atoms with E-state index in [0.29, 0.717) is 61.7 Å². The average molecular weight is 1750 g/mol. The van der Waals surface area contributed by atoms with E-state index in [0.717, 1.165) is 252 Å². The second kappa shape index (κ2) is 44.2. The highest BCUT2D eigenvalue weighted by Crippen LogP contribution is 2.38. The van der Waals surface area contributed by atoms with Gasteiger partial charge in [-0.15, -0.1) is 0 Å². The molecule has 0 saturated carbocycles. The Balaban J connectivity index is 0.000000147. The lowest BCUT2D eigenvalue weighted by atomic mass is 10.0. The smallest absolute Gasteiger partial charge is 0.159 e. The molecule has 20 nitrogen and oxygen atoms in total. The fraction of sp³-hybridized carbons (Fsp3) is 0.345. The number of likely N-dealkylation sites (tertiary alicyclic amines) is 1. The SMILES string of the molecule is C=C1CCN(CCCn2c3ccc(C(C)=O)cc3c3cc(C(C)=O)ccc32)CC1.CC(=O)c1ccc2c(c1)c1cc(C(C)=O)ccc1n2CCCNC(C)C.CCCNCCCn1c2ccc(C(C)=O)cc2c2cc(C(C)=O)ccc21.CCNCCCn1c2ccc(C(C)=O)cc2c2cc(C(C)=O)ccc21.CNCCCn1c2ccc(C(C)=O)cc2c2cc(C(C)=O)ccc21. The molecular formula is C110H126N10O10. The largest absolute Gasteiger partial charge is 0.340 e. The lowest BCUT2D eigenvalue weighted by molar-refractivity contribution is 0.100. The Bertz CT molecular complexity index is 6490. The molecule has 0 radical (unpaired) electrons. The number of hydrogen-bond donors (Lipinski definition) is 4. The highest BCUT2D eigenvalue weighted by molar-refractivity contribution is 6.18. The monoisotopic (exact) mass is 1750 g/mol. The van der Waals surface area contributed by atoms with Crippen LogP contribution in [0.3, 0.4) is 0 Å². The molecule has 10 aromatic carbocycles. The molecule has 0 bridgehead atoms. The minimum atomic E-state index is 0.0516. The van der Waals surface area contributed by atoms with Gasteiger partial charge in [0.2, 0.25) is 0 Å².